The first-order valence-electron chi connectivity index (χ1n) is 13.6. The van der Waals surface area contributed by atoms with Gasteiger partial charge in [0.05, 0.1) is 17.9 Å². The number of hydrogen-bond donors (Lipinski definition) is 3. The molecule has 0 radical (unpaired) electrons. The lowest BCUT2D eigenvalue weighted by molar-refractivity contribution is -0.131. The van der Waals surface area contributed by atoms with Crippen LogP contribution in [0.1, 0.15) is 54.6 Å². The first-order valence-corrected chi connectivity index (χ1v) is 13.6. The quantitative estimate of drug-likeness (QED) is 0.317. The predicted molar refractivity (Wildman–Crippen MR) is 153 cm³/mol. The maximum absolute atomic E-state index is 12.3. The van der Waals surface area contributed by atoms with Crippen LogP contribution in [-0.2, 0) is 28.9 Å². The lowest BCUT2D eigenvalue weighted by Gasteiger charge is -2.29. The largest absolute Gasteiger partial charge is 0.364 e. The second kappa shape index (κ2) is 14.4. The first-order chi connectivity index (χ1) is 18.7. The molecule has 1 aromatic carbocycles. The van der Waals surface area contributed by atoms with Crippen molar-refractivity contribution in [3.05, 3.63) is 59.1 Å². The van der Waals surface area contributed by atoms with Gasteiger partial charge in [0.25, 0.3) is 5.91 Å². The van der Waals surface area contributed by atoms with Crippen LogP contribution < -0.4 is 16.4 Å². The van der Waals surface area contributed by atoms with Crippen molar-refractivity contribution in [3.63, 3.8) is 0 Å². The Morgan fingerprint density at radius 2 is 1.95 bits per heavy atom. The summed E-state index contributed by atoms with van der Waals surface area (Å²) in [5.74, 6) is -0.310. The number of amides is 3. The SMILES string of the molecule is CCc1nc(C(N)=O)c(Nc2cccc(CCNC(=O)CN(C)C(=O)C=CCN3CCC3)c2)nc1CC(C)C. The lowest BCUT2D eigenvalue weighted by atomic mass is 10.0. The second-order valence-electron chi connectivity index (χ2n) is 10.3. The normalized spacial score (nSPS) is 13.4. The van der Waals surface area contributed by atoms with Crippen molar-refractivity contribution in [1.82, 2.24) is 25.1 Å². The average Bonchev–Trinajstić information content (AvgIpc) is 2.85. The molecule has 0 unspecified atom stereocenters. The minimum absolute atomic E-state index is 0.00445. The Bertz CT molecular complexity index is 1190. The fourth-order valence-electron chi connectivity index (χ4n) is 4.23. The molecule has 1 fully saturated rings. The third kappa shape index (κ3) is 9.17. The minimum atomic E-state index is -0.634. The van der Waals surface area contributed by atoms with Gasteiger partial charge in [0.2, 0.25) is 11.8 Å². The number of carbonyl (C=O) groups excluding carboxylic acids is 3. The van der Waals surface area contributed by atoms with Gasteiger partial charge in [-0.05, 0) is 62.4 Å². The number of likely N-dealkylation sites (N-methyl/N-ethyl adjacent to an activating group) is 1. The van der Waals surface area contributed by atoms with Crippen LogP contribution in [0.25, 0.3) is 0 Å². The Morgan fingerprint density at radius 1 is 1.18 bits per heavy atom. The molecule has 210 valence electrons. The van der Waals surface area contributed by atoms with Gasteiger partial charge in [-0.15, -0.1) is 0 Å². The molecule has 3 amide bonds. The van der Waals surface area contributed by atoms with Crippen LogP contribution in [0.5, 0.6) is 0 Å². The van der Waals surface area contributed by atoms with Crippen molar-refractivity contribution in [3.8, 4) is 0 Å². The fourth-order valence-corrected chi connectivity index (χ4v) is 4.23. The van der Waals surface area contributed by atoms with Crippen LogP contribution in [0.4, 0.5) is 11.5 Å². The minimum Gasteiger partial charge on any atom is -0.364 e. The van der Waals surface area contributed by atoms with Gasteiger partial charge in [0, 0.05) is 31.9 Å². The zero-order valence-electron chi connectivity index (χ0n) is 23.5. The Balaban J connectivity index is 1.55. The number of nitrogens with two attached hydrogens (primary N) is 1. The highest BCUT2D eigenvalue weighted by atomic mass is 16.2. The van der Waals surface area contributed by atoms with Crippen molar-refractivity contribution in [2.75, 3.05) is 45.1 Å². The summed E-state index contributed by atoms with van der Waals surface area (Å²) >= 11 is 0. The number of benzene rings is 1. The van der Waals surface area contributed by atoms with Crippen LogP contribution in [0, 0.1) is 5.92 Å². The highest BCUT2D eigenvalue weighted by molar-refractivity contribution is 5.96. The summed E-state index contributed by atoms with van der Waals surface area (Å²) in [4.78, 5) is 49.6. The molecule has 10 nitrogen and oxygen atoms in total. The number of nitrogens with one attached hydrogen (secondary N) is 2. The molecule has 2 heterocycles. The molecule has 2 aromatic rings. The van der Waals surface area contributed by atoms with Crippen molar-refractivity contribution in [1.29, 1.82) is 0 Å². The van der Waals surface area contributed by atoms with E-state index in [1.165, 1.54) is 17.4 Å². The Labute approximate surface area is 231 Å². The zero-order valence-corrected chi connectivity index (χ0v) is 23.5. The van der Waals surface area contributed by atoms with E-state index in [1.54, 1.807) is 7.05 Å². The van der Waals surface area contributed by atoms with Crippen LogP contribution in [0.3, 0.4) is 0 Å². The molecule has 1 aromatic heterocycles. The van der Waals surface area contributed by atoms with Gasteiger partial charge in [-0.25, -0.2) is 9.97 Å². The number of nitrogens with zero attached hydrogens (tertiary/aromatic N) is 4. The van der Waals surface area contributed by atoms with Gasteiger partial charge in [0.15, 0.2) is 11.5 Å². The summed E-state index contributed by atoms with van der Waals surface area (Å²) in [7, 11) is 1.62. The molecule has 0 saturated carbocycles. The molecule has 0 atom stereocenters. The molecule has 1 aliphatic rings. The van der Waals surface area contributed by atoms with E-state index in [1.807, 2.05) is 37.3 Å². The molecule has 39 heavy (non-hydrogen) atoms. The molecule has 1 saturated heterocycles. The topological polar surface area (TPSA) is 134 Å². The van der Waals surface area contributed by atoms with Gasteiger partial charge in [0.1, 0.15) is 0 Å². The number of rotatable bonds is 14. The summed E-state index contributed by atoms with van der Waals surface area (Å²) in [6.45, 7) is 9.53. The smallest absolute Gasteiger partial charge is 0.271 e. The Hall–Kier alpha value is -3.79. The maximum atomic E-state index is 12.3. The van der Waals surface area contributed by atoms with E-state index in [-0.39, 0.29) is 24.1 Å². The summed E-state index contributed by atoms with van der Waals surface area (Å²) in [6.07, 6.45) is 6.59. The molecule has 0 spiro atoms. The van der Waals surface area contributed by atoms with Gasteiger partial charge in [-0.2, -0.15) is 0 Å². The monoisotopic (exact) mass is 535 g/mol. The summed E-state index contributed by atoms with van der Waals surface area (Å²) in [5.41, 5.74) is 9.09. The molecule has 10 heteroatoms. The van der Waals surface area contributed by atoms with E-state index >= 15 is 0 Å². The van der Waals surface area contributed by atoms with Crippen LogP contribution in [0.15, 0.2) is 36.4 Å². The highest BCUT2D eigenvalue weighted by Gasteiger charge is 2.18. The fraction of sp³-hybridized carbons (Fsp3) is 0.483. The lowest BCUT2D eigenvalue weighted by Crippen LogP contribution is -2.39. The van der Waals surface area contributed by atoms with Gasteiger partial charge in [-0.1, -0.05) is 39.0 Å². The van der Waals surface area contributed by atoms with E-state index in [9.17, 15) is 14.4 Å². The number of carbonyl (C=O) groups is 3. The number of likely N-dealkylation sites (tertiary alicyclic amines) is 1. The van der Waals surface area contributed by atoms with Crippen molar-refractivity contribution >= 4 is 29.2 Å². The van der Waals surface area contributed by atoms with Crippen molar-refractivity contribution in [2.24, 2.45) is 11.7 Å². The van der Waals surface area contributed by atoms with Gasteiger partial charge < -0.3 is 21.3 Å². The van der Waals surface area contributed by atoms with Gasteiger partial charge in [-0.3, -0.25) is 19.3 Å². The second-order valence-corrected chi connectivity index (χ2v) is 10.3. The number of aryl methyl sites for hydroxylation is 1. The predicted octanol–water partition coefficient (Wildman–Crippen LogP) is 2.46. The highest BCUT2D eigenvalue weighted by Crippen LogP contribution is 2.22. The van der Waals surface area contributed by atoms with E-state index in [4.69, 9.17) is 10.7 Å². The van der Waals surface area contributed by atoms with Crippen LogP contribution >= 0.6 is 0 Å². The van der Waals surface area contributed by atoms with E-state index in [0.717, 1.165) is 48.7 Å². The summed E-state index contributed by atoms with van der Waals surface area (Å²) in [6, 6.07) is 7.67. The third-order valence-electron chi connectivity index (χ3n) is 6.48. The Kier molecular flexibility index (Phi) is 11.0. The maximum Gasteiger partial charge on any atom is 0.271 e. The average molecular weight is 536 g/mol. The standard InChI is InChI=1S/C29H41N7O3/c1-5-23-24(17-20(2)3)34-29(27(33-23)28(30)39)32-22-10-6-9-21(18-22)12-13-31-25(37)19-35(4)26(38)11-7-14-36-15-8-16-36/h6-7,9-11,18,20H,5,8,12-17,19H2,1-4H3,(H2,30,39)(H,31,37)(H,32,34). The molecule has 4 N–H and O–H groups in total. The number of hydrogen-bond acceptors (Lipinski definition) is 7. The molecule has 0 bridgehead atoms. The van der Waals surface area contributed by atoms with Gasteiger partial charge >= 0.3 is 0 Å². The molecule has 0 aliphatic carbocycles. The van der Waals surface area contributed by atoms with Crippen molar-refractivity contribution in [2.45, 2.75) is 46.5 Å². The zero-order chi connectivity index (χ0) is 28.4. The van der Waals surface area contributed by atoms with E-state index in [0.29, 0.717) is 31.1 Å². The van der Waals surface area contributed by atoms with E-state index in [2.05, 4.69) is 34.4 Å². The molecule has 3 rings (SSSR count). The summed E-state index contributed by atoms with van der Waals surface area (Å²) in [5, 5.41) is 6.08. The number of primary amides is 1. The third-order valence-corrected chi connectivity index (χ3v) is 6.48. The molecular formula is C29H41N7O3. The Morgan fingerprint density at radius 3 is 2.59 bits per heavy atom. The molecular weight excluding hydrogens is 494 g/mol. The van der Waals surface area contributed by atoms with E-state index < -0.39 is 5.91 Å². The first kappa shape index (κ1) is 29.8. The van der Waals surface area contributed by atoms with Crippen LogP contribution in [-0.4, -0.2) is 77.3 Å². The summed E-state index contributed by atoms with van der Waals surface area (Å²) < 4.78 is 0. The molecule has 1 aliphatic heterocycles. The number of aromatic nitrogens is 2. The van der Waals surface area contributed by atoms with Crippen molar-refractivity contribution < 1.29 is 14.4 Å². The number of anilines is 2. The van der Waals surface area contributed by atoms with Crippen LogP contribution in [0.2, 0.25) is 0 Å².